The molecule has 2 aromatic rings. The summed E-state index contributed by atoms with van der Waals surface area (Å²) in [5.41, 5.74) is 2.26. The third-order valence-corrected chi connectivity index (χ3v) is 6.02. The van der Waals surface area contributed by atoms with E-state index in [0.29, 0.717) is 13.1 Å². The highest BCUT2D eigenvalue weighted by Crippen LogP contribution is 2.27. The molecule has 2 aromatic carbocycles. The molecule has 0 spiro atoms. The van der Waals surface area contributed by atoms with Crippen LogP contribution in [0.5, 0.6) is 5.75 Å². The Hall–Kier alpha value is -2.08. The molecule has 1 atom stereocenters. The summed E-state index contributed by atoms with van der Waals surface area (Å²) in [6.45, 7) is 6.90. The summed E-state index contributed by atoms with van der Waals surface area (Å²) in [4.78, 5) is 19.1. The number of hydrogen-bond acceptors (Lipinski definition) is 4. The van der Waals surface area contributed by atoms with Crippen molar-refractivity contribution in [3.05, 3.63) is 64.7 Å². The van der Waals surface area contributed by atoms with Crippen molar-refractivity contribution in [1.82, 2.24) is 14.7 Å². The molecule has 0 aliphatic carbocycles. The van der Waals surface area contributed by atoms with Gasteiger partial charge < -0.3 is 9.64 Å². The van der Waals surface area contributed by atoms with E-state index in [1.165, 1.54) is 0 Å². The predicted octanol–water partition coefficient (Wildman–Crippen LogP) is 3.69. The van der Waals surface area contributed by atoms with E-state index in [1.807, 2.05) is 49.5 Å². The highest BCUT2D eigenvalue weighted by atomic mass is 35.5. The number of carbonyl (C=O) groups excluding carboxylic acids is 1. The van der Waals surface area contributed by atoms with Crippen LogP contribution in [-0.2, 0) is 11.3 Å². The lowest BCUT2D eigenvalue weighted by Gasteiger charge is -2.38. The first-order chi connectivity index (χ1) is 14.0. The number of methoxy groups -OCH3 is 1. The summed E-state index contributed by atoms with van der Waals surface area (Å²) in [7, 11) is 3.52. The van der Waals surface area contributed by atoms with Gasteiger partial charge in [0.2, 0.25) is 5.91 Å². The van der Waals surface area contributed by atoms with Crippen LogP contribution in [-0.4, -0.2) is 67.5 Å². The Morgan fingerprint density at radius 2 is 1.76 bits per heavy atom. The Kier molecular flexibility index (Phi) is 7.53. The molecule has 156 valence electrons. The van der Waals surface area contributed by atoms with Gasteiger partial charge in [-0.2, -0.15) is 0 Å². The van der Waals surface area contributed by atoms with Crippen LogP contribution in [0.3, 0.4) is 0 Å². The highest BCUT2D eigenvalue weighted by molar-refractivity contribution is 6.31. The van der Waals surface area contributed by atoms with Gasteiger partial charge in [-0.25, -0.2) is 0 Å². The van der Waals surface area contributed by atoms with Crippen molar-refractivity contribution in [3.8, 4) is 5.75 Å². The molecule has 1 unspecified atom stereocenters. The second kappa shape index (κ2) is 10.1. The van der Waals surface area contributed by atoms with Crippen LogP contribution in [0.4, 0.5) is 0 Å². The number of benzene rings is 2. The zero-order valence-electron chi connectivity index (χ0n) is 17.5. The van der Waals surface area contributed by atoms with Gasteiger partial charge in [0.05, 0.1) is 13.7 Å². The normalized spacial score (nSPS) is 16.4. The van der Waals surface area contributed by atoms with Gasteiger partial charge >= 0.3 is 0 Å². The summed E-state index contributed by atoms with van der Waals surface area (Å²) in [5.74, 6) is 0.972. The lowest BCUT2D eigenvalue weighted by Crippen LogP contribution is -2.50. The molecule has 5 nitrogen and oxygen atoms in total. The van der Waals surface area contributed by atoms with Gasteiger partial charge in [-0.1, -0.05) is 41.9 Å². The number of rotatable bonds is 7. The molecule has 1 heterocycles. The molecule has 3 rings (SSSR count). The minimum Gasteiger partial charge on any atom is -0.497 e. The van der Waals surface area contributed by atoms with E-state index in [0.717, 1.165) is 48.1 Å². The molecule has 0 aromatic heterocycles. The molecule has 1 saturated heterocycles. The first-order valence-electron chi connectivity index (χ1n) is 10.1. The van der Waals surface area contributed by atoms with Crippen molar-refractivity contribution in [3.63, 3.8) is 0 Å². The minimum atomic E-state index is 0.147. The van der Waals surface area contributed by atoms with E-state index in [1.54, 1.807) is 12.0 Å². The first kappa shape index (κ1) is 21.6. The molecule has 1 fully saturated rings. The molecule has 1 aliphatic heterocycles. The van der Waals surface area contributed by atoms with Gasteiger partial charge in [0, 0.05) is 50.8 Å². The Labute approximate surface area is 178 Å². The van der Waals surface area contributed by atoms with Crippen LogP contribution in [0.25, 0.3) is 0 Å². The fourth-order valence-electron chi connectivity index (χ4n) is 3.72. The third-order valence-electron chi connectivity index (χ3n) is 5.67. The Bertz CT molecular complexity index is 804. The number of hydrogen-bond donors (Lipinski definition) is 0. The van der Waals surface area contributed by atoms with E-state index in [4.69, 9.17) is 16.3 Å². The van der Waals surface area contributed by atoms with Crippen molar-refractivity contribution in [2.24, 2.45) is 0 Å². The number of likely N-dealkylation sites (N-methyl/N-ethyl adjacent to an activating group) is 1. The summed E-state index contributed by atoms with van der Waals surface area (Å²) in [6, 6.07) is 16.2. The van der Waals surface area contributed by atoms with Crippen molar-refractivity contribution < 1.29 is 9.53 Å². The van der Waals surface area contributed by atoms with Crippen LogP contribution < -0.4 is 4.74 Å². The molecule has 1 amide bonds. The van der Waals surface area contributed by atoms with E-state index in [9.17, 15) is 4.79 Å². The number of halogens is 1. The molecule has 6 heteroatoms. The second-order valence-electron chi connectivity index (χ2n) is 7.61. The summed E-state index contributed by atoms with van der Waals surface area (Å²) in [5, 5.41) is 0.817. The summed E-state index contributed by atoms with van der Waals surface area (Å²) in [6.07, 6.45) is 0. The van der Waals surface area contributed by atoms with Crippen molar-refractivity contribution in [2.45, 2.75) is 19.5 Å². The van der Waals surface area contributed by atoms with Gasteiger partial charge in [0.15, 0.2) is 0 Å². The van der Waals surface area contributed by atoms with Crippen LogP contribution in [0.1, 0.15) is 24.1 Å². The molecular formula is C23H30ClN3O2. The molecule has 1 aliphatic rings. The lowest BCUT2D eigenvalue weighted by molar-refractivity contribution is -0.132. The van der Waals surface area contributed by atoms with Crippen LogP contribution in [0.15, 0.2) is 48.5 Å². The highest BCUT2D eigenvalue weighted by Gasteiger charge is 2.25. The number of ether oxygens (including phenoxy) is 1. The fourth-order valence-corrected chi connectivity index (χ4v) is 4.02. The van der Waals surface area contributed by atoms with E-state index >= 15 is 0 Å². The predicted molar refractivity (Wildman–Crippen MR) is 117 cm³/mol. The molecule has 0 N–H and O–H groups in total. The smallest absolute Gasteiger partial charge is 0.236 e. The standard InChI is InChI=1S/C23H30ClN3O2/c1-18(21-6-4-5-7-22(21)24)27-14-12-26(13-15-27)17-23(28)25(2)16-19-8-10-20(29-3)11-9-19/h4-11,18H,12-17H2,1-3H3. The maximum absolute atomic E-state index is 12.6. The molecule has 29 heavy (non-hydrogen) atoms. The van der Waals surface area contributed by atoms with Gasteiger partial charge in [0.25, 0.3) is 0 Å². The largest absolute Gasteiger partial charge is 0.497 e. The number of carbonyl (C=O) groups is 1. The quantitative estimate of drug-likeness (QED) is 0.691. The van der Waals surface area contributed by atoms with Crippen molar-refractivity contribution >= 4 is 17.5 Å². The second-order valence-corrected chi connectivity index (χ2v) is 8.01. The summed E-state index contributed by atoms with van der Waals surface area (Å²) < 4.78 is 5.18. The lowest BCUT2D eigenvalue weighted by atomic mass is 10.1. The van der Waals surface area contributed by atoms with E-state index in [2.05, 4.69) is 22.8 Å². The van der Waals surface area contributed by atoms with E-state index in [-0.39, 0.29) is 11.9 Å². The Morgan fingerprint density at radius 1 is 1.10 bits per heavy atom. The third kappa shape index (κ3) is 5.72. The van der Waals surface area contributed by atoms with Crippen molar-refractivity contribution in [1.29, 1.82) is 0 Å². The molecular weight excluding hydrogens is 386 g/mol. The molecule has 0 radical (unpaired) electrons. The zero-order valence-corrected chi connectivity index (χ0v) is 18.2. The van der Waals surface area contributed by atoms with Crippen LogP contribution >= 0.6 is 11.6 Å². The maximum atomic E-state index is 12.6. The Balaban J connectivity index is 1.47. The maximum Gasteiger partial charge on any atom is 0.236 e. The summed E-state index contributed by atoms with van der Waals surface area (Å²) >= 11 is 6.36. The average molecular weight is 416 g/mol. The van der Waals surface area contributed by atoms with Crippen LogP contribution in [0.2, 0.25) is 5.02 Å². The van der Waals surface area contributed by atoms with Gasteiger partial charge in [-0.3, -0.25) is 14.6 Å². The van der Waals surface area contributed by atoms with Crippen molar-refractivity contribution in [2.75, 3.05) is 46.9 Å². The molecule has 0 saturated carbocycles. The topological polar surface area (TPSA) is 36.0 Å². The molecule has 0 bridgehead atoms. The van der Waals surface area contributed by atoms with Crippen LogP contribution in [0, 0.1) is 0 Å². The first-order valence-corrected chi connectivity index (χ1v) is 10.4. The number of piperazine rings is 1. The zero-order chi connectivity index (χ0) is 20.8. The Morgan fingerprint density at radius 3 is 2.38 bits per heavy atom. The number of amides is 1. The fraction of sp³-hybridized carbons (Fsp3) is 0.435. The average Bonchev–Trinajstić information content (AvgIpc) is 2.74. The van der Waals surface area contributed by atoms with Gasteiger partial charge in [-0.05, 0) is 36.2 Å². The monoisotopic (exact) mass is 415 g/mol. The number of nitrogens with zero attached hydrogens (tertiary/aromatic N) is 3. The van der Waals surface area contributed by atoms with Gasteiger partial charge in [0.1, 0.15) is 5.75 Å². The minimum absolute atomic E-state index is 0.147. The SMILES string of the molecule is COc1ccc(CN(C)C(=O)CN2CCN(C(C)c3ccccc3Cl)CC2)cc1. The van der Waals surface area contributed by atoms with Gasteiger partial charge in [-0.15, -0.1) is 0 Å². The van der Waals surface area contributed by atoms with E-state index < -0.39 is 0 Å².